The van der Waals surface area contributed by atoms with Crippen LogP contribution in [0.4, 0.5) is 5.82 Å². The van der Waals surface area contributed by atoms with Crippen LogP contribution in [0.3, 0.4) is 0 Å². The van der Waals surface area contributed by atoms with Gasteiger partial charge in [-0.2, -0.15) is 9.61 Å². The number of fused-ring (bicyclic) bond motifs is 2. The highest BCUT2D eigenvalue weighted by Crippen LogP contribution is 2.32. The minimum Gasteiger partial charge on any atom is -0.350 e. The molecule has 0 spiro atoms. The quantitative estimate of drug-likeness (QED) is 0.524. The van der Waals surface area contributed by atoms with E-state index in [-0.39, 0.29) is 0 Å². The zero-order chi connectivity index (χ0) is 20.2. The predicted octanol–water partition coefficient (Wildman–Crippen LogP) is 2.97. The lowest BCUT2D eigenvalue weighted by Crippen LogP contribution is -2.32. The van der Waals surface area contributed by atoms with Gasteiger partial charge in [-0.05, 0) is 44.2 Å². The van der Waals surface area contributed by atoms with Gasteiger partial charge in [0.2, 0.25) is 0 Å². The van der Waals surface area contributed by atoms with E-state index in [9.17, 15) is 0 Å². The summed E-state index contributed by atoms with van der Waals surface area (Å²) in [6.07, 6.45) is 11.3. The van der Waals surface area contributed by atoms with Crippen LogP contribution in [0.2, 0.25) is 0 Å². The summed E-state index contributed by atoms with van der Waals surface area (Å²) in [4.78, 5) is 7.12. The summed E-state index contributed by atoms with van der Waals surface area (Å²) in [6, 6.07) is 2.27. The van der Waals surface area contributed by atoms with Gasteiger partial charge in [-0.25, -0.2) is 0 Å². The molecule has 8 heteroatoms. The highest BCUT2D eigenvalue weighted by atomic mass is 15.4. The monoisotopic (exact) mass is 400 g/mol. The average Bonchev–Trinajstić information content (AvgIpc) is 3.24. The van der Waals surface area contributed by atoms with Gasteiger partial charge >= 0.3 is 0 Å². The maximum absolute atomic E-state index is 4.79. The van der Waals surface area contributed by atoms with Gasteiger partial charge in [0.15, 0.2) is 11.5 Å². The highest BCUT2D eigenvalue weighted by molar-refractivity contribution is 5.63. The van der Waals surface area contributed by atoms with E-state index in [2.05, 4.69) is 51.0 Å². The number of hydrogen-bond acceptors (Lipinski definition) is 6. The molecule has 5 heterocycles. The Morgan fingerprint density at radius 2 is 2.00 bits per heavy atom. The zero-order valence-electron chi connectivity index (χ0n) is 17.3. The van der Waals surface area contributed by atoms with Crippen molar-refractivity contribution in [3.05, 3.63) is 53.4 Å². The van der Waals surface area contributed by atoms with E-state index >= 15 is 0 Å². The van der Waals surface area contributed by atoms with E-state index in [1.807, 2.05) is 12.4 Å². The Bertz CT molecular complexity index is 1250. The second-order valence-electron chi connectivity index (χ2n) is 8.57. The highest BCUT2D eigenvalue weighted by Gasteiger charge is 2.24. The van der Waals surface area contributed by atoms with E-state index in [4.69, 9.17) is 10.1 Å². The van der Waals surface area contributed by atoms with Crippen molar-refractivity contribution >= 4 is 11.5 Å². The van der Waals surface area contributed by atoms with Gasteiger partial charge in [-0.1, -0.05) is 0 Å². The summed E-state index contributed by atoms with van der Waals surface area (Å²) in [5, 5.41) is 17.5. The Balaban J connectivity index is 1.31. The molecule has 0 amide bonds. The fraction of sp³-hybridized carbons (Fsp3) is 0.409. The summed E-state index contributed by atoms with van der Waals surface area (Å²) in [6.45, 7) is 6.93. The summed E-state index contributed by atoms with van der Waals surface area (Å²) in [7, 11) is 0. The van der Waals surface area contributed by atoms with Crippen molar-refractivity contribution in [3.63, 3.8) is 0 Å². The van der Waals surface area contributed by atoms with Crippen LogP contribution in [0.5, 0.6) is 0 Å². The van der Waals surface area contributed by atoms with Crippen LogP contribution in [0.1, 0.15) is 35.2 Å². The molecule has 6 rings (SSSR count). The summed E-state index contributed by atoms with van der Waals surface area (Å²) < 4.78 is 3.85. The molecule has 0 saturated heterocycles. The molecule has 0 unspecified atom stereocenters. The van der Waals surface area contributed by atoms with Gasteiger partial charge in [-0.3, -0.25) is 9.67 Å². The van der Waals surface area contributed by atoms with Crippen molar-refractivity contribution in [2.75, 3.05) is 11.4 Å². The van der Waals surface area contributed by atoms with Crippen molar-refractivity contribution in [1.29, 1.82) is 0 Å². The molecule has 0 bridgehead atoms. The van der Waals surface area contributed by atoms with Crippen LogP contribution in [0, 0.1) is 19.8 Å². The van der Waals surface area contributed by atoms with Crippen molar-refractivity contribution in [1.82, 2.24) is 34.6 Å². The number of anilines is 1. The molecule has 1 fully saturated rings. The molecule has 2 aliphatic rings. The third kappa shape index (κ3) is 2.94. The first-order valence-electron chi connectivity index (χ1n) is 10.6. The molecule has 1 saturated carbocycles. The van der Waals surface area contributed by atoms with E-state index in [0.717, 1.165) is 65.7 Å². The molecule has 0 radical (unpaired) electrons. The molecule has 1 aliphatic heterocycles. The lowest BCUT2D eigenvalue weighted by Gasteiger charge is -2.30. The van der Waals surface area contributed by atoms with E-state index in [1.165, 1.54) is 24.1 Å². The third-order valence-electron chi connectivity index (χ3n) is 6.41. The van der Waals surface area contributed by atoms with Crippen molar-refractivity contribution in [2.45, 2.75) is 46.2 Å². The number of aromatic nitrogens is 7. The van der Waals surface area contributed by atoms with Gasteiger partial charge in [0.1, 0.15) is 6.33 Å². The second-order valence-corrected chi connectivity index (χ2v) is 8.57. The Labute approximate surface area is 174 Å². The van der Waals surface area contributed by atoms with Crippen LogP contribution >= 0.6 is 0 Å². The smallest absolute Gasteiger partial charge is 0.180 e. The van der Waals surface area contributed by atoms with Crippen LogP contribution in [0.25, 0.3) is 16.8 Å². The molecule has 8 nitrogen and oxygen atoms in total. The lowest BCUT2D eigenvalue weighted by atomic mass is 10.0. The van der Waals surface area contributed by atoms with Crippen LogP contribution in [-0.4, -0.2) is 41.1 Å². The van der Waals surface area contributed by atoms with Gasteiger partial charge < -0.3 is 4.90 Å². The van der Waals surface area contributed by atoms with Crippen LogP contribution in [-0.2, 0) is 19.5 Å². The number of pyridine rings is 1. The standard InChI is InChI=1S/C22H24N8/c1-14-15(2)22(27-30-13-24-26-21(14)30)28-6-5-20-18(11-28)7-17(8-23-20)19-9-25-29(12-19)10-16-3-4-16/h7-9,12-13,16H,3-6,10-11H2,1-2H3. The van der Waals surface area contributed by atoms with E-state index < -0.39 is 0 Å². The Kier molecular flexibility index (Phi) is 3.87. The number of hydrogen-bond donors (Lipinski definition) is 0. The molecule has 1 aliphatic carbocycles. The largest absolute Gasteiger partial charge is 0.350 e. The fourth-order valence-electron chi connectivity index (χ4n) is 4.31. The predicted molar refractivity (Wildman–Crippen MR) is 113 cm³/mol. The molecular formula is C22H24N8. The van der Waals surface area contributed by atoms with Crippen LogP contribution < -0.4 is 4.90 Å². The molecule has 30 heavy (non-hydrogen) atoms. The lowest BCUT2D eigenvalue weighted by molar-refractivity contribution is 0.563. The second kappa shape index (κ2) is 6.62. The molecule has 4 aromatic rings. The maximum atomic E-state index is 4.79. The fourth-order valence-corrected chi connectivity index (χ4v) is 4.31. The Hall–Kier alpha value is -3.29. The van der Waals surface area contributed by atoms with Gasteiger partial charge in [-0.15, -0.1) is 15.3 Å². The number of nitrogens with zero attached hydrogens (tertiary/aromatic N) is 8. The number of rotatable bonds is 4. The van der Waals surface area contributed by atoms with Gasteiger partial charge in [0.05, 0.1) is 6.20 Å². The normalized spacial score (nSPS) is 16.3. The molecule has 152 valence electrons. The molecule has 0 aromatic carbocycles. The minimum atomic E-state index is 0.799. The Morgan fingerprint density at radius 3 is 2.87 bits per heavy atom. The summed E-state index contributed by atoms with van der Waals surface area (Å²) >= 11 is 0. The molecule has 0 N–H and O–H groups in total. The van der Waals surface area contributed by atoms with Crippen molar-refractivity contribution in [3.8, 4) is 11.1 Å². The van der Waals surface area contributed by atoms with Crippen molar-refractivity contribution < 1.29 is 0 Å². The van der Waals surface area contributed by atoms with Crippen molar-refractivity contribution in [2.24, 2.45) is 5.92 Å². The Morgan fingerprint density at radius 1 is 1.10 bits per heavy atom. The van der Waals surface area contributed by atoms with Gasteiger partial charge in [0, 0.05) is 66.4 Å². The first-order valence-corrected chi connectivity index (χ1v) is 10.6. The van der Waals surface area contributed by atoms with Gasteiger partial charge in [0.25, 0.3) is 0 Å². The average molecular weight is 400 g/mol. The maximum Gasteiger partial charge on any atom is 0.180 e. The van der Waals surface area contributed by atoms with E-state index in [1.54, 1.807) is 10.8 Å². The first kappa shape index (κ1) is 17.6. The van der Waals surface area contributed by atoms with Crippen LogP contribution in [0.15, 0.2) is 31.0 Å². The SMILES string of the molecule is Cc1c(N2CCc3ncc(-c4cnn(CC5CC5)c4)cc3C2)nn2cnnc2c1C. The number of aryl methyl sites for hydroxylation is 1. The third-order valence-corrected chi connectivity index (χ3v) is 6.41. The molecule has 0 atom stereocenters. The zero-order valence-corrected chi connectivity index (χ0v) is 17.3. The van der Waals surface area contributed by atoms with E-state index in [0.29, 0.717) is 0 Å². The minimum absolute atomic E-state index is 0.799. The molecule has 4 aromatic heterocycles. The first-order chi connectivity index (χ1) is 14.7. The summed E-state index contributed by atoms with van der Waals surface area (Å²) in [5.74, 6) is 1.81. The molecular weight excluding hydrogens is 376 g/mol. The topological polar surface area (TPSA) is 77.0 Å². The summed E-state index contributed by atoms with van der Waals surface area (Å²) in [5.41, 5.74) is 7.81.